The van der Waals surface area contributed by atoms with Crippen molar-refractivity contribution in [2.75, 3.05) is 0 Å². The Labute approximate surface area is 99.6 Å². The van der Waals surface area contributed by atoms with Crippen molar-refractivity contribution in [3.05, 3.63) is 28.8 Å². The molecule has 0 aliphatic rings. The van der Waals surface area contributed by atoms with E-state index in [0.717, 1.165) is 16.1 Å². The molecule has 0 saturated carbocycles. The average Bonchev–Trinajstić information content (AvgIpc) is 2.60. The fraction of sp³-hybridized carbons (Fsp3) is 0.385. The Balaban J connectivity index is 2.51. The van der Waals surface area contributed by atoms with Gasteiger partial charge in [0.15, 0.2) is 0 Å². The zero-order valence-corrected chi connectivity index (χ0v) is 10.6. The van der Waals surface area contributed by atoms with E-state index in [1.807, 2.05) is 12.1 Å². The fourth-order valence-corrected chi connectivity index (χ4v) is 2.50. The van der Waals surface area contributed by atoms with Crippen LogP contribution in [0.5, 0.6) is 0 Å². The Kier molecular flexibility index (Phi) is 2.69. The van der Waals surface area contributed by atoms with Crippen molar-refractivity contribution in [1.29, 1.82) is 5.26 Å². The first-order valence-corrected chi connectivity index (χ1v) is 6.09. The van der Waals surface area contributed by atoms with Crippen molar-refractivity contribution in [2.24, 2.45) is 0 Å². The van der Waals surface area contributed by atoms with Gasteiger partial charge in [0.05, 0.1) is 27.7 Å². The zero-order chi connectivity index (χ0) is 11.8. The number of hydrogen-bond acceptors (Lipinski definition) is 3. The smallest absolute Gasteiger partial charge is 0.0992 e. The largest absolute Gasteiger partial charge is 0.241 e. The molecule has 1 aromatic heterocycles. The minimum atomic E-state index is 0.0963. The molecule has 16 heavy (non-hydrogen) atoms. The maximum absolute atomic E-state index is 8.66. The second kappa shape index (κ2) is 3.88. The molecule has 0 unspecified atom stereocenters. The summed E-state index contributed by atoms with van der Waals surface area (Å²) in [5.74, 6) is 0. The summed E-state index contributed by atoms with van der Waals surface area (Å²) in [4.78, 5) is 4.64. The highest BCUT2D eigenvalue weighted by Gasteiger charge is 2.18. The third-order valence-electron chi connectivity index (χ3n) is 2.38. The Bertz CT molecular complexity index is 555. The lowest BCUT2D eigenvalue weighted by Gasteiger charge is -2.13. The van der Waals surface area contributed by atoms with E-state index in [1.54, 1.807) is 11.3 Å². The number of rotatable bonds is 1. The summed E-state index contributed by atoms with van der Waals surface area (Å²) >= 11 is 1.74. The molecule has 2 nitrogen and oxygen atoms in total. The van der Waals surface area contributed by atoms with Gasteiger partial charge in [-0.15, -0.1) is 11.3 Å². The Hall–Kier alpha value is -1.40. The molecule has 0 amide bonds. The molecular weight excluding hydrogens is 216 g/mol. The van der Waals surface area contributed by atoms with Gasteiger partial charge in [-0.05, 0) is 17.7 Å². The highest BCUT2D eigenvalue weighted by Crippen LogP contribution is 2.31. The van der Waals surface area contributed by atoms with Crippen LogP contribution in [-0.2, 0) is 11.8 Å². The number of aromatic nitrogens is 1. The van der Waals surface area contributed by atoms with Crippen LogP contribution in [0.3, 0.4) is 0 Å². The van der Waals surface area contributed by atoms with E-state index in [4.69, 9.17) is 5.26 Å². The lowest BCUT2D eigenvalue weighted by Crippen LogP contribution is -2.09. The van der Waals surface area contributed by atoms with Crippen LogP contribution in [0.4, 0.5) is 0 Å². The second-order valence-corrected chi connectivity index (χ2v) is 5.94. The number of fused-ring (bicyclic) bond motifs is 1. The first-order valence-electron chi connectivity index (χ1n) is 5.27. The van der Waals surface area contributed by atoms with Gasteiger partial charge in [0.1, 0.15) is 0 Å². The van der Waals surface area contributed by atoms with Gasteiger partial charge in [-0.3, -0.25) is 0 Å². The quantitative estimate of drug-likeness (QED) is 0.749. The normalized spacial score (nSPS) is 11.6. The van der Waals surface area contributed by atoms with Crippen molar-refractivity contribution < 1.29 is 0 Å². The second-order valence-electron chi connectivity index (χ2n) is 4.91. The predicted octanol–water partition coefficient (Wildman–Crippen LogP) is 3.66. The summed E-state index contributed by atoms with van der Waals surface area (Å²) in [5.41, 5.74) is 2.16. The lowest BCUT2D eigenvalue weighted by molar-refractivity contribution is 0.587. The van der Waals surface area contributed by atoms with Gasteiger partial charge in [-0.25, -0.2) is 4.98 Å². The molecule has 2 rings (SSSR count). The van der Waals surface area contributed by atoms with Gasteiger partial charge in [-0.2, -0.15) is 5.26 Å². The standard InChI is InChI=1S/C13H14N2S/c1-13(2,3)12-15-10-8-9(6-7-14)4-5-11(10)16-12/h4-5,8H,6H2,1-3H3. The lowest BCUT2D eigenvalue weighted by atomic mass is 9.98. The molecule has 3 heteroatoms. The molecule has 0 fully saturated rings. The number of benzene rings is 1. The van der Waals surface area contributed by atoms with Gasteiger partial charge in [0.25, 0.3) is 0 Å². The van der Waals surface area contributed by atoms with E-state index < -0.39 is 0 Å². The number of nitriles is 1. The molecule has 0 radical (unpaired) electrons. The molecule has 0 spiro atoms. The Morgan fingerprint density at radius 1 is 1.38 bits per heavy atom. The summed E-state index contributed by atoms with van der Waals surface area (Å²) in [6.07, 6.45) is 0.457. The van der Waals surface area contributed by atoms with Crippen molar-refractivity contribution in [3.63, 3.8) is 0 Å². The summed E-state index contributed by atoms with van der Waals surface area (Å²) in [7, 11) is 0. The van der Waals surface area contributed by atoms with Crippen molar-refractivity contribution in [1.82, 2.24) is 4.98 Å². The van der Waals surface area contributed by atoms with Crippen LogP contribution in [0.2, 0.25) is 0 Å². The summed E-state index contributed by atoms with van der Waals surface area (Å²) < 4.78 is 1.20. The average molecular weight is 230 g/mol. The Morgan fingerprint density at radius 3 is 2.75 bits per heavy atom. The first-order chi connectivity index (χ1) is 7.50. The van der Waals surface area contributed by atoms with Crippen LogP contribution in [0.15, 0.2) is 18.2 Å². The van der Waals surface area contributed by atoms with Crippen LogP contribution in [-0.4, -0.2) is 4.98 Å². The molecule has 0 bridgehead atoms. The van der Waals surface area contributed by atoms with E-state index in [0.29, 0.717) is 6.42 Å². The molecular formula is C13H14N2S. The van der Waals surface area contributed by atoms with Crippen molar-refractivity contribution in [2.45, 2.75) is 32.6 Å². The van der Waals surface area contributed by atoms with E-state index >= 15 is 0 Å². The highest BCUT2D eigenvalue weighted by molar-refractivity contribution is 7.18. The van der Waals surface area contributed by atoms with E-state index in [9.17, 15) is 0 Å². The molecule has 0 aliphatic heterocycles. The number of thiazole rings is 1. The molecule has 0 atom stereocenters. The molecule has 0 N–H and O–H groups in total. The number of hydrogen-bond donors (Lipinski definition) is 0. The minimum absolute atomic E-state index is 0.0963. The Morgan fingerprint density at radius 2 is 2.12 bits per heavy atom. The van der Waals surface area contributed by atoms with Gasteiger partial charge in [-0.1, -0.05) is 26.8 Å². The molecule has 82 valence electrons. The third kappa shape index (κ3) is 2.07. The molecule has 0 aliphatic carbocycles. The third-order valence-corrected chi connectivity index (χ3v) is 3.84. The van der Waals surface area contributed by atoms with E-state index in [1.165, 1.54) is 4.70 Å². The maximum Gasteiger partial charge on any atom is 0.0992 e. The van der Waals surface area contributed by atoms with Gasteiger partial charge in [0, 0.05) is 5.41 Å². The molecule has 1 aromatic carbocycles. The van der Waals surface area contributed by atoms with Crippen LogP contribution < -0.4 is 0 Å². The summed E-state index contributed by atoms with van der Waals surface area (Å²) in [6, 6.07) is 8.25. The van der Waals surface area contributed by atoms with E-state index in [-0.39, 0.29) is 5.41 Å². The van der Waals surface area contributed by atoms with E-state index in [2.05, 4.69) is 37.9 Å². The van der Waals surface area contributed by atoms with Crippen LogP contribution >= 0.6 is 11.3 Å². The van der Waals surface area contributed by atoms with Crippen LogP contribution in [0.25, 0.3) is 10.2 Å². The maximum atomic E-state index is 8.66. The fourth-order valence-electron chi connectivity index (χ4n) is 1.50. The monoisotopic (exact) mass is 230 g/mol. The van der Waals surface area contributed by atoms with Crippen LogP contribution in [0, 0.1) is 11.3 Å². The number of nitrogens with zero attached hydrogens (tertiary/aromatic N) is 2. The molecule has 0 saturated heterocycles. The zero-order valence-electron chi connectivity index (χ0n) is 9.74. The highest BCUT2D eigenvalue weighted by atomic mass is 32.1. The SMILES string of the molecule is CC(C)(C)c1nc2cc(CC#N)ccc2s1. The van der Waals surface area contributed by atoms with Crippen molar-refractivity contribution >= 4 is 21.6 Å². The van der Waals surface area contributed by atoms with Crippen LogP contribution in [0.1, 0.15) is 31.3 Å². The minimum Gasteiger partial charge on any atom is -0.241 e. The molecule has 1 heterocycles. The molecule has 2 aromatic rings. The summed E-state index contributed by atoms with van der Waals surface area (Å²) in [6.45, 7) is 6.50. The topological polar surface area (TPSA) is 36.7 Å². The van der Waals surface area contributed by atoms with Gasteiger partial charge >= 0.3 is 0 Å². The van der Waals surface area contributed by atoms with Gasteiger partial charge < -0.3 is 0 Å². The predicted molar refractivity (Wildman–Crippen MR) is 67.6 cm³/mol. The first kappa shape index (κ1) is 11.1. The van der Waals surface area contributed by atoms with Gasteiger partial charge in [0.2, 0.25) is 0 Å². The van der Waals surface area contributed by atoms with Crippen molar-refractivity contribution in [3.8, 4) is 6.07 Å². The summed E-state index contributed by atoms with van der Waals surface area (Å²) in [5, 5.41) is 9.81.